The average molecular weight is 558 g/mol. The molecule has 2 aromatic carbocycles. The third-order valence-electron chi connectivity index (χ3n) is 5.48. The number of Topliss-reactive ketones (excluding diaryl/α,β-unsaturated/α-hetero) is 1. The Balaban J connectivity index is 1.97. The van der Waals surface area contributed by atoms with Crippen LogP contribution in [0, 0.1) is 0 Å². The molecule has 0 saturated carbocycles. The van der Waals surface area contributed by atoms with Crippen LogP contribution in [0.2, 0.25) is 0 Å². The molecule has 0 spiro atoms. The van der Waals surface area contributed by atoms with E-state index in [9.17, 15) is 19.2 Å². The molecule has 2 rings (SSSR count). The highest BCUT2D eigenvalue weighted by molar-refractivity contribution is 6.04. The van der Waals surface area contributed by atoms with Gasteiger partial charge in [0.25, 0.3) is 5.91 Å². The number of hydrogen-bond acceptors (Lipinski definition) is 9. The number of nitrogens with one attached hydrogen (secondary N) is 1. The number of aliphatic imine (C=N–C) groups is 1. The SMILES string of the molecule is CCC(=O)[C@H](Cc1ccc(OCC(=O)OCCOC)cc1)NC(=O)c1ccc(C(N)=NC(=O)OCCOC)cc1. The van der Waals surface area contributed by atoms with Crippen LogP contribution in [-0.4, -0.2) is 82.9 Å². The Hall–Kier alpha value is -4.29. The number of methoxy groups -OCH3 is 2. The number of carbonyl (C=O) groups excluding carboxylic acids is 4. The second-order valence-electron chi connectivity index (χ2n) is 8.38. The molecule has 0 radical (unpaired) electrons. The van der Waals surface area contributed by atoms with Crippen molar-refractivity contribution in [3.05, 3.63) is 65.2 Å². The van der Waals surface area contributed by atoms with E-state index in [1.54, 1.807) is 43.3 Å². The van der Waals surface area contributed by atoms with Crippen molar-refractivity contribution >= 4 is 29.6 Å². The first-order valence-corrected chi connectivity index (χ1v) is 12.6. The van der Waals surface area contributed by atoms with Crippen molar-refractivity contribution in [2.24, 2.45) is 10.7 Å². The van der Waals surface area contributed by atoms with Gasteiger partial charge in [-0.15, -0.1) is 0 Å². The molecule has 0 unspecified atom stereocenters. The normalized spacial score (nSPS) is 11.8. The Morgan fingerprint density at radius 3 is 2.05 bits per heavy atom. The molecule has 12 nitrogen and oxygen atoms in total. The molecule has 0 fully saturated rings. The number of esters is 1. The van der Waals surface area contributed by atoms with Crippen molar-refractivity contribution in [3.8, 4) is 5.75 Å². The van der Waals surface area contributed by atoms with Crippen LogP contribution in [0.4, 0.5) is 4.79 Å². The van der Waals surface area contributed by atoms with Crippen molar-refractivity contribution in [2.75, 3.05) is 47.3 Å². The van der Waals surface area contributed by atoms with Gasteiger partial charge >= 0.3 is 12.1 Å². The van der Waals surface area contributed by atoms with Crippen LogP contribution < -0.4 is 15.8 Å². The van der Waals surface area contributed by atoms with E-state index < -0.39 is 24.0 Å². The summed E-state index contributed by atoms with van der Waals surface area (Å²) in [5.41, 5.74) is 7.37. The first kappa shape index (κ1) is 31.9. The van der Waals surface area contributed by atoms with E-state index >= 15 is 0 Å². The van der Waals surface area contributed by atoms with Crippen molar-refractivity contribution in [1.82, 2.24) is 5.32 Å². The molecule has 0 aromatic heterocycles. The lowest BCUT2D eigenvalue weighted by Gasteiger charge is -2.18. The minimum absolute atomic E-state index is 0.0485. The number of ketones is 1. The molecule has 12 heteroatoms. The molecule has 40 heavy (non-hydrogen) atoms. The van der Waals surface area contributed by atoms with Crippen molar-refractivity contribution in [1.29, 1.82) is 0 Å². The summed E-state index contributed by atoms with van der Waals surface area (Å²) in [6, 6.07) is 12.2. The monoisotopic (exact) mass is 557 g/mol. The highest BCUT2D eigenvalue weighted by Gasteiger charge is 2.21. The number of ether oxygens (including phenoxy) is 5. The lowest BCUT2D eigenvalue weighted by Crippen LogP contribution is -2.42. The molecule has 216 valence electrons. The number of amides is 2. The minimum atomic E-state index is -0.850. The van der Waals surface area contributed by atoms with E-state index in [0.29, 0.717) is 23.5 Å². The summed E-state index contributed by atoms with van der Waals surface area (Å²) in [6.07, 6.45) is -0.345. The summed E-state index contributed by atoms with van der Waals surface area (Å²) in [5, 5.41) is 2.78. The van der Waals surface area contributed by atoms with Gasteiger partial charge in [-0.05, 0) is 36.2 Å². The predicted octanol–water partition coefficient (Wildman–Crippen LogP) is 2.06. The van der Waals surface area contributed by atoms with Gasteiger partial charge < -0.3 is 34.7 Å². The van der Waals surface area contributed by atoms with Crippen molar-refractivity contribution in [2.45, 2.75) is 25.8 Å². The summed E-state index contributed by atoms with van der Waals surface area (Å²) in [4.78, 5) is 52.5. The Bertz CT molecular complexity index is 1150. The molecule has 0 saturated heterocycles. The number of hydrogen-bond donors (Lipinski definition) is 2. The smallest absolute Gasteiger partial charge is 0.435 e. The fourth-order valence-corrected chi connectivity index (χ4v) is 3.31. The maximum Gasteiger partial charge on any atom is 0.435 e. The largest absolute Gasteiger partial charge is 0.482 e. The Morgan fingerprint density at radius 2 is 1.45 bits per heavy atom. The maximum absolute atomic E-state index is 12.9. The summed E-state index contributed by atoms with van der Waals surface area (Å²) < 4.78 is 24.8. The number of amidine groups is 1. The second-order valence-corrected chi connectivity index (χ2v) is 8.38. The fourth-order valence-electron chi connectivity index (χ4n) is 3.31. The molecule has 3 N–H and O–H groups in total. The van der Waals surface area contributed by atoms with E-state index in [0.717, 1.165) is 5.56 Å². The Labute approximate surface area is 232 Å². The fraction of sp³-hybridized carbons (Fsp3) is 0.393. The van der Waals surface area contributed by atoms with E-state index in [2.05, 4.69) is 10.3 Å². The maximum atomic E-state index is 12.9. The number of rotatable bonds is 16. The first-order valence-electron chi connectivity index (χ1n) is 12.6. The standard InChI is InChI=1S/C28H35N3O9/c1-4-24(32)23(17-19-5-11-22(12-6-19)40-18-25(33)38-15-13-36-2)30-27(34)21-9-7-20(8-10-21)26(29)31-28(35)39-16-14-37-3/h5-12,23H,4,13-18H2,1-3H3,(H,30,34)(H2,29,31,35)/t23-/m0/s1. The Kier molecular flexibility index (Phi) is 13.8. The second kappa shape index (κ2) is 17.3. The van der Waals surface area contributed by atoms with Gasteiger partial charge in [-0.3, -0.25) is 9.59 Å². The zero-order chi connectivity index (χ0) is 29.3. The van der Waals surface area contributed by atoms with Gasteiger partial charge in [-0.2, -0.15) is 4.99 Å². The average Bonchev–Trinajstić information content (AvgIpc) is 2.96. The van der Waals surface area contributed by atoms with Gasteiger partial charge in [0, 0.05) is 31.8 Å². The molecule has 2 amide bonds. The van der Waals surface area contributed by atoms with Gasteiger partial charge in [0.15, 0.2) is 12.4 Å². The molecular weight excluding hydrogens is 522 g/mol. The molecule has 2 aromatic rings. The highest BCUT2D eigenvalue weighted by Crippen LogP contribution is 2.15. The lowest BCUT2D eigenvalue weighted by molar-refractivity contribution is -0.147. The van der Waals surface area contributed by atoms with Crippen LogP contribution in [0.5, 0.6) is 5.75 Å². The van der Waals surface area contributed by atoms with Crippen molar-refractivity contribution in [3.63, 3.8) is 0 Å². The van der Waals surface area contributed by atoms with Crippen LogP contribution in [0.3, 0.4) is 0 Å². The molecule has 0 aliphatic carbocycles. The van der Waals surface area contributed by atoms with Gasteiger partial charge in [-0.25, -0.2) is 9.59 Å². The van der Waals surface area contributed by atoms with Crippen LogP contribution in [0.1, 0.15) is 34.8 Å². The number of benzene rings is 2. The number of nitrogens with two attached hydrogens (primary N) is 1. The summed E-state index contributed by atoms with van der Waals surface area (Å²) in [6.45, 7) is 2.21. The van der Waals surface area contributed by atoms with Crippen LogP contribution in [-0.2, 0) is 35.0 Å². The van der Waals surface area contributed by atoms with Crippen LogP contribution in [0.25, 0.3) is 0 Å². The van der Waals surface area contributed by atoms with Crippen LogP contribution >= 0.6 is 0 Å². The van der Waals surface area contributed by atoms with Crippen molar-refractivity contribution < 1.29 is 42.9 Å². The lowest BCUT2D eigenvalue weighted by atomic mass is 10.00. The summed E-state index contributed by atoms with van der Waals surface area (Å²) >= 11 is 0. The summed E-state index contributed by atoms with van der Waals surface area (Å²) in [7, 11) is 2.99. The molecule has 0 aliphatic rings. The number of nitrogens with zero attached hydrogens (tertiary/aromatic N) is 1. The topological polar surface area (TPSA) is 165 Å². The van der Waals surface area contributed by atoms with Crippen LogP contribution in [0.15, 0.2) is 53.5 Å². The van der Waals surface area contributed by atoms with Gasteiger partial charge in [-0.1, -0.05) is 31.2 Å². The zero-order valence-electron chi connectivity index (χ0n) is 22.8. The predicted molar refractivity (Wildman–Crippen MR) is 145 cm³/mol. The molecule has 1 atom stereocenters. The van der Waals surface area contributed by atoms with Gasteiger partial charge in [0.05, 0.1) is 19.3 Å². The Morgan fingerprint density at radius 1 is 0.850 bits per heavy atom. The third kappa shape index (κ3) is 11.2. The van der Waals surface area contributed by atoms with E-state index in [4.69, 9.17) is 29.4 Å². The molecule has 0 bridgehead atoms. The van der Waals surface area contributed by atoms with Gasteiger partial charge in [0.1, 0.15) is 24.8 Å². The minimum Gasteiger partial charge on any atom is -0.482 e. The molecular formula is C28H35N3O9. The highest BCUT2D eigenvalue weighted by atomic mass is 16.6. The summed E-state index contributed by atoms with van der Waals surface area (Å²) in [5.74, 6) is -0.696. The first-order chi connectivity index (χ1) is 19.3. The van der Waals surface area contributed by atoms with Gasteiger partial charge in [0.2, 0.25) is 0 Å². The third-order valence-corrected chi connectivity index (χ3v) is 5.48. The quantitative estimate of drug-likeness (QED) is 0.135. The van der Waals surface area contributed by atoms with E-state index in [1.807, 2.05) is 0 Å². The van der Waals surface area contributed by atoms with E-state index in [-0.39, 0.29) is 50.9 Å². The molecule has 0 heterocycles. The van der Waals surface area contributed by atoms with E-state index in [1.165, 1.54) is 26.4 Å². The molecule has 0 aliphatic heterocycles. The zero-order valence-corrected chi connectivity index (χ0v) is 22.8. The number of carbonyl (C=O) groups is 4.